The van der Waals surface area contributed by atoms with E-state index in [0.717, 1.165) is 11.1 Å². The van der Waals surface area contributed by atoms with E-state index < -0.39 is 0 Å². The average molecular weight is 496 g/mol. The van der Waals surface area contributed by atoms with Crippen LogP contribution in [-0.2, 0) is 11.4 Å². The molecule has 2 aromatic rings. The Hall–Kier alpha value is -2.09. The van der Waals surface area contributed by atoms with Gasteiger partial charge in [0.25, 0.3) is 5.91 Å². The van der Waals surface area contributed by atoms with Crippen LogP contribution in [0.4, 0.5) is 0 Å². The van der Waals surface area contributed by atoms with E-state index in [0.29, 0.717) is 51.6 Å². The van der Waals surface area contributed by atoms with Crippen molar-refractivity contribution in [2.24, 2.45) is 0 Å². The molecule has 1 fully saturated rings. The Morgan fingerprint density at radius 1 is 1.24 bits per heavy atom. The Morgan fingerprint density at radius 2 is 2.00 bits per heavy atom. The maximum atomic E-state index is 12.4. The van der Waals surface area contributed by atoms with Gasteiger partial charge in [0, 0.05) is 17.1 Å². The largest absolute Gasteiger partial charge is 0.490 e. The zero-order chi connectivity index (χ0) is 21.0. The maximum absolute atomic E-state index is 12.4. The van der Waals surface area contributed by atoms with Crippen molar-refractivity contribution in [2.75, 3.05) is 13.2 Å². The van der Waals surface area contributed by atoms with Crippen molar-refractivity contribution < 1.29 is 14.3 Å². The van der Waals surface area contributed by atoms with Crippen molar-refractivity contribution in [3.63, 3.8) is 0 Å². The topological polar surface area (TPSA) is 50.8 Å². The van der Waals surface area contributed by atoms with Crippen LogP contribution in [0.2, 0.25) is 5.02 Å². The van der Waals surface area contributed by atoms with Gasteiger partial charge in [-0.2, -0.15) is 0 Å². The van der Waals surface area contributed by atoms with Gasteiger partial charge in [0.1, 0.15) is 12.3 Å². The van der Waals surface area contributed by atoms with E-state index >= 15 is 0 Å². The smallest absolute Gasteiger partial charge is 0.276 e. The zero-order valence-corrected chi connectivity index (χ0v) is 19.2. The average Bonchev–Trinajstić information content (AvgIpc) is 2.95. The number of amides is 1. The van der Waals surface area contributed by atoms with Crippen LogP contribution in [0, 0.1) is 0 Å². The van der Waals surface area contributed by atoms with E-state index in [-0.39, 0.29) is 5.91 Å². The van der Waals surface area contributed by atoms with Crippen molar-refractivity contribution >= 4 is 56.8 Å². The van der Waals surface area contributed by atoms with Gasteiger partial charge in [-0.25, -0.2) is 0 Å². The highest BCUT2D eigenvalue weighted by molar-refractivity contribution is 9.10. The van der Waals surface area contributed by atoms with Gasteiger partial charge in [0.05, 0.1) is 11.1 Å². The van der Waals surface area contributed by atoms with E-state index in [2.05, 4.69) is 21.2 Å². The highest BCUT2D eigenvalue weighted by atomic mass is 79.9. The molecule has 3 rings (SSSR count). The van der Waals surface area contributed by atoms with E-state index in [4.69, 9.17) is 33.3 Å². The number of carbonyl (C=O) groups is 1. The van der Waals surface area contributed by atoms with Gasteiger partial charge < -0.3 is 14.8 Å². The summed E-state index contributed by atoms with van der Waals surface area (Å²) in [7, 11) is 0. The van der Waals surface area contributed by atoms with Crippen LogP contribution in [-0.4, -0.2) is 29.1 Å². The number of ether oxygens (including phenoxy) is 2. The minimum Gasteiger partial charge on any atom is -0.490 e. The first-order valence-electron chi connectivity index (χ1n) is 9.11. The van der Waals surface area contributed by atoms with Crippen molar-refractivity contribution in [3.8, 4) is 11.5 Å². The second-order valence-electron chi connectivity index (χ2n) is 6.18. The Kier molecular flexibility index (Phi) is 7.16. The summed E-state index contributed by atoms with van der Waals surface area (Å²) in [5.41, 5.74) is 2.08. The molecule has 0 atom stereocenters. The van der Waals surface area contributed by atoms with Gasteiger partial charge in [-0.3, -0.25) is 9.69 Å². The predicted molar refractivity (Wildman–Crippen MR) is 122 cm³/mol. The van der Waals surface area contributed by atoms with Gasteiger partial charge in [0.15, 0.2) is 16.6 Å². The molecule has 0 radical (unpaired) electrons. The van der Waals surface area contributed by atoms with Crippen molar-refractivity contribution in [2.45, 2.75) is 20.5 Å². The van der Waals surface area contributed by atoms with Gasteiger partial charge >= 0.3 is 0 Å². The minimum atomic E-state index is -0.148. The fourth-order valence-corrected chi connectivity index (χ4v) is 3.95. The Morgan fingerprint density at radius 3 is 2.66 bits per heavy atom. The third kappa shape index (κ3) is 4.91. The highest BCUT2D eigenvalue weighted by Crippen LogP contribution is 2.38. The molecule has 5 nitrogen and oxygen atoms in total. The molecule has 0 aromatic heterocycles. The van der Waals surface area contributed by atoms with Gasteiger partial charge in [-0.05, 0) is 71.8 Å². The van der Waals surface area contributed by atoms with Crippen molar-refractivity contribution in [1.29, 1.82) is 0 Å². The number of carbonyl (C=O) groups excluding carboxylic acids is 1. The van der Waals surface area contributed by atoms with Crippen LogP contribution in [0.25, 0.3) is 6.08 Å². The first-order chi connectivity index (χ1) is 13.9. The lowest BCUT2D eigenvalue weighted by atomic mass is 10.1. The molecule has 1 aliphatic heterocycles. The van der Waals surface area contributed by atoms with Gasteiger partial charge in [-0.15, -0.1) is 0 Å². The normalized spacial score (nSPS) is 15.0. The van der Waals surface area contributed by atoms with Crippen LogP contribution < -0.4 is 14.8 Å². The molecule has 1 aliphatic rings. The number of rotatable bonds is 7. The fourth-order valence-electron chi connectivity index (χ4n) is 2.87. The van der Waals surface area contributed by atoms with Crippen LogP contribution in [0.5, 0.6) is 11.5 Å². The quantitative estimate of drug-likeness (QED) is 0.425. The van der Waals surface area contributed by atoms with Gasteiger partial charge in [0.2, 0.25) is 0 Å². The molecule has 8 heteroatoms. The van der Waals surface area contributed by atoms with Crippen LogP contribution >= 0.6 is 39.7 Å². The molecule has 0 unspecified atom stereocenters. The van der Waals surface area contributed by atoms with E-state index in [9.17, 15) is 4.79 Å². The molecule has 0 bridgehead atoms. The summed E-state index contributed by atoms with van der Waals surface area (Å²) < 4.78 is 12.5. The molecule has 0 spiro atoms. The summed E-state index contributed by atoms with van der Waals surface area (Å²) in [5.74, 6) is 0.997. The zero-order valence-electron chi connectivity index (χ0n) is 16.0. The lowest BCUT2D eigenvalue weighted by molar-refractivity contribution is -0.122. The summed E-state index contributed by atoms with van der Waals surface area (Å²) in [4.78, 5) is 13.9. The summed E-state index contributed by atoms with van der Waals surface area (Å²) >= 11 is 15.0. The summed E-state index contributed by atoms with van der Waals surface area (Å²) in [6.45, 7) is 5.07. The van der Waals surface area contributed by atoms with E-state index in [1.807, 2.05) is 50.2 Å². The number of nitrogens with one attached hydrogen (secondary N) is 1. The molecule has 1 amide bonds. The standard InChI is InChI=1S/C21H20BrClN2O3S/c1-3-25-20(26)17(24-21(25)29)10-13-9-15(22)19(18(11-13)27-4-2)28-12-14-7-5-6-8-16(14)23/h5-11H,3-4,12H2,1-2H3,(H,24,29)/b17-10-. The predicted octanol–water partition coefficient (Wildman–Crippen LogP) is 5.16. The second-order valence-corrected chi connectivity index (χ2v) is 7.83. The van der Waals surface area contributed by atoms with E-state index in [1.54, 1.807) is 6.08 Å². The highest BCUT2D eigenvalue weighted by Gasteiger charge is 2.29. The number of nitrogens with zero attached hydrogens (tertiary/aromatic N) is 1. The number of benzene rings is 2. The first kappa shape index (κ1) is 21.6. The monoisotopic (exact) mass is 494 g/mol. The number of hydrogen-bond donors (Lipinski definition) is 1. The Balaban J connectivity index is 1.89. The molecule has 2 aromatic carbocycles. The third-order valence-corrected chi connectivity index (χ3v) is 5.53. The molecule has 0 aliphatic carbocycles. The fraction of sp³-hybridized carbons (Fsp3) is 0.238. The molecular weight excluding hydrogens is 476 g/mol. The summed E-state index contributed by atoms with van der Waals surface area (Å²) in [5, 5.41) is 4.01. The third-order valence-electron chi connectivity index (χ3n) is 4.25. The van der Waals surface area contributed by atoms with Crippen molar-refractivity contribution in [1.82, 2.24) is 10.2 Å². The SMILES string of the molecule is CCOc1cc(/C=C2\NC(=S)N(CC)C2=O)cc(Br)c1OCc1ccccc1Cl. The molecule has 1 N–H and O–H groups in total. The molecule has 1 heterocycles. The number of likely N-dealkylation sites (N-methyl/N-ethyl adjacent to an activating group) is 1. The summed E-state index contributed by atoms with van der Waals surface area (Å²) in [6.07, 6.45) is 1.75. The van der Waals surface area contributed by atoms with Gasteiger partial charge in [-0.1, -0.05) is 29.8 Å². The molecule has 152 valence electrons. The van der Waals surface area contributed by atoms with E-state index in [1.165, 1.54) is 4.90 Å². The molecule has 1 saturated heterocycles. The Bertz CT molecular complexity index is 980. The molecular formula is C21H20BrClN2O3S. The summed E-state index contributed by atoms with van der Waals surface area (Å²) in [6, 6.07) is 11.2. The van der Waals surface area contributed by atoms with Crippen LogP contribution in [0.15, 0.2) is 46.6 Å². The number of hydrogen-bond acceptors (Lipinski definition) is 4. The number of halogens is 2. The Labute approximate surface area is 188 Å². The second kappa shape index (κ2) is 9.61. The lowest BCUT2D eigenvalue weighted by Crippen LogP contribution is -2.30. The maximum Gasteiger partial charge on any atom is 0.276 e. The first-order valence-corrected chi connectivity index (χ1v) is 10.7. The van der Waals surface area contributed by atoms with Crippen molar-refractivity contribution in [3.05, 3.63) is 62.7 Å². The van der Waals surface area contributed by atoms with Crippen LogP contribution in [0.3, 0.4) is 0 Å². The lowest BCUT2D eigenvalue weighted by Gasteiger charge is -2.15. The molecule has 0 saturated carbocycles. The van der Waals surface area contributed by atoms with Crippen LogP contribution in [0.1, 0.15) is 25.0 Å². The number of thiocarbonyl (C=S) groups is 1. The molecule has 29 heavy (non-hydrogen) atoms. The minimum absolute atomic E-state index is 0.148.